The standard InChI is InChI=1S/C13H20N4O/c1-8-4-6-17(7-10(8)14)13-11(12(15)18)9(2)3-5-16-13/h3,5,8,10H,4,6-7,14H2,1-2H3,(H2,15,18). The van der Waals surface area contributed by atoms with Gasteiger partial charge in [0, 0.05) is 25.3 Å². The molecule has 2 heterocycles. The monoisotopic (exact) mass is 248 g/mol. The highest BCUT2D eigenvalue weighted by molar-refractivity contribution is 5.99. The molecular formula is C13H20N4O. The number of nitrogens with zero attached hydrogens (tertiary/aromatic N) is 2. The molecule has 0 spiro atoms. The van der Waals surface area contributed by atoms with E-state index >= 15 is 0 Å². The molecule has 1 aromatic heterocycles. The topological polar surface area (TPSA) is 85.2 Å². The molecule has 0 bridgehead atoms. The number of primary amides is 1. The molecule has 0 aliphatic carbocycles. The van der Waals surface area contributed by atoms with Crippen LogP contribution in [0.2, 0.25) is 0 Å². The summed E-state index contributed by atoms with van der Waals surface area (Å²) >= 11 is 0. The predicted molar refractivity (Wildman–Crippen MR) is 71.5 cm³/mol. The zero-order valence-electron chi connectivity index (χ0n) is 10.9. The fourth-order valence-electron chi connectivity index (χ4n) is 2.38. The number of hydrogen-bond acceptors (Lipinski definition) is 4. The van der Waals surface area contributed by atoms with Gasteiger partial charge in [0.1, 0.15) is 5.82 Å². The molecule has 1 amide bonds. The number of piperidine rings is 1. The van der Waals surface area contributed by atoms with Crippen LogP contribution in [0.4, 0.5) is 5.82 Å². The molecule has 4 N–H and O–H groups in total. The quantitative estimate of drug-likeness (QED) is 0.805. The Balaban J connectivity index is 2.34. The van der Waals surface area contributed by atoms with Gasteiger partial charge < -0.3 is 16.4 Å². The Labute approximate surface area is 107 Å². The average Bonchev–Trinajstić information content (AvgIpc) is 2.32. The highest BCUT2D eigenvalue weighted by Crippen LogP contribution is 2.25. The molecule has 98 valence electrons. The SMILES string of the molecule is Cc1ccnc(N2CCC(C)C(N)C2)c1C(N)=O. The van der Waals surface area contributed by atoms with E-state index in [2.05, 4.69) is 16.8 Å². The summed E-state index contributed by atoms with van der Waals surface area (Å²) in [7, 11) is 0. The lowest BCUT2D eigenvalue weighted by Crippen LogP contribution is -2.48. The summed E-state index contributed by atoms with van der Waals surface area (Å²) in [6.45, 7) is 5.61. The van der Waals surface area contributed by atoms with Gasteiger partial charge in [-0.3, -0.25) is 4.79 Å². The fraction of sp³-hybridized carbons (Fsp3) is 0.538. The van der Waals surface area contributed by atoms with Crippen molar-refractivity contribution in [2.75, 3.05) is 18.0 Å². The number of carbonyl (C=O) groups excluding carboxylic acids is 1. The van der Waals surface area contributed by atoms with E-state index in [1.165, 1.54) is 0 Å². The van der Waals surface area contributed by atoms with Crippen molar-refractivity contribution in [3.63, 3.8) is 0 Å². The van der Waals surface area contributed by atoms with Crippen LogP contribution in [0.15, 0.2) is 12.3 Å². The molecule has 0 aromatic carbocycles. The number of carbonyl (C=O) groups is 1. The van der Waals surface area contributed by atoms with Crippen molar-refractivity contribution in [3.8, 4) is 0 Å². The van der Waals surface area contributed by atoms with E-state index in [9.17, 15) is 4.79 Å². The van der Waals surface area contributed by atoms with Gasteiger partial charge in [-0.2, -0.15) is 0 Å². The van der Waals surface area contributed by atoms with E-state index in [0.717, 1.165) is 25.1 Å². The summed E-state index contributed by atoms with van der Waals surface area (Å²) in [6, 6.07) is 1.91. The summed E-state index contributed by atoms with van der Waals surface area (Å²) in [5, 5.41) is 0. The van der Waals surface area contributed by atoms with Crippen molar-refractivity contribution in [2.45, 2.75) is 26.3 Å². The van der Waals surface area contributed by atoms with Gasteiger partial charge in [0.25, 0.3) is 5.91 Å². The molecule has 2 atom stereocenters. The van der Waals surface area contributed by atoms with Crippen LogP contribution in [0, 0.1) is 12.8 Å². The Morgan fingerprint density at radius 2 is 2.28 bits per heavy atom. The number of aromatic nitrogens is 1. The molecule has 1 aliphatic heterocycles. The Morgan fingerprint density at radius 1 is 1.56 bits per heavy atom. The number of hydrogen-bond donors (Lipinski definition) is 2. The molecular weight excluding hydrogens is 228 g/mol. The van der Waals surface area contributed by atoms with Crippen molar-refractivity contribution in [1.82, 2.24) is 4.98 Å². The van der Waals surface area contributed by atoms with Crippen molar-refractivity contribution >= 4 is 11.7 Å². The molecule has 1 aliphatic rings. The molecule has 1 aromatic rings. The van der Waals surface area contributed by atoms with Crippen LogP contribution in [0.3, 0.4) is 0 Å². The van der Waals surface area contributed by atoms with E-state index in [0.29, 0.717) is 17.3 Å². The Kier molecular flexibility index (Phi) is 3.52. The first kappa shape index (κ1) is 12.8. The van der Waals surface area contributed by atoms with Crippen LogP contribution in [-0.2, 0) is 0 Å². The van der Waals surface area contributed by atoms with Crippen LogP contribution in [-0.4, -0.2) is 30.0 Å². The van der Waals surface area contributed by atoms with Crippen molar-refractivity contribution in [3.05, 3.63) is 23.4 Å². The van der Waals surface area contributed by atoms with E-state index in [1.54, 1.807) is 12.3 Å². The molecule has 1 saturated heterocycles. The summed E-state index contributed by atoms with van der Waals surface area (Å²) in [5.41, 5.74) is 12.9. The maximum absolute atomic E-state index is 11.6. The van der Waals surface area contributed by atoms with Gasteiger partial charge in [0.05, 0.1) is 5.56 Å². The lowest BCUT2D eigenvalue weighted by molar-refractivity contribution is 0.0999. The zero-order valence-corrected chi connectivity index (χ0v) is 10.9. The maximum Gasteiger partial charge on any atom is 0.252 e. The van der Waals surface area contributed by atoms with Gasteiger partial charge in [0.2, 0.25) is 0 Å². The Bertz CT molecular complexity index is 460. The van der Waals surface area contributed by atoms with Crippen LogP contribution in [0.25, 0.3) is 0 Å². The first-order valence-electron chi connectivity index (χ1n) is 6.26. The van der Waals surface area contributed by atoms with Crippen molar-refractivity contribution < 1.29 is 4.79 Å². The first-order chi connectivity index (χ1) is 8.50. The smallest absolute Gasteiger partial charge is 0.252 e. The second-order valence-electron chi connectivity index (χ2n) is 5.07. The normalized spacial score (nSPS) is 24.1. The summed E-state index contributed by atoms with van der Waals surface area (Å²) < 4.78 is 0. The van der Waals surface area contributed by atoms with Crippen LogP contribution in [0.1, 0.15) is 29.3 Å². The average molecular weight is 248 g/mol. The van der Waals surface area contributed by atoms with E-state index in [1.807, 2.05) is 6.92 Å². The molecule has 0 radical (unpaired) electrons. The third-order valence-corrected chi connectivity index (χ3v) is 3.70. The third-order valence-electron chi connectivity index (χ3n) is 3.70. The molecule has 5 heteroatoms. The molecule has 2 rings (SSSR count). The molecule has 5 nitrogen and oxygen atoms in total. The number of amides is 1. The van der Waals surface area contributed by atoms with Crippen LogP contribution in [0.5, 0.6) is 0 Å². The lowest BCUT2D eigenvalue weighted by Gasteiger charge is -2.36. The lowest BCUT2D eigenvalue weighted by atomic mass is 9.94. The first-order valence-corrected chi connectivity index (χ1v) is 6.26. The number of nitrogens with two attached hydrogens (primary N) is 2. The highest BCUT2D eigenvalue weighted by atomic mass is 16.1. The Hall–Kier alpha value is -1.62. The number of aryl methyl sites for hydroxylation is 1. The Morgan fingerprint density at radius 3 is 2.89 bits per heavy atom. The highest BCUT2D eigenvalue weighted by Gasteiger charge is 2.26. The molecule has 0 saturated carbocycles. The van der Waals surface area contributed by atoms with E-state index in [-0.39, 0.29) is 6.04 Å². The van der Waals surface area contributed by atoms with E-state index in [4.69, 9.17) is 11.5 Å². The maximum atomic E-state index is 11.6. The summed E-state index contributed by atoms with van der Waals surface area (Å²) in [5.74, 6) is 0.746. The van der Waals surface area contributed by atoms with Gasteiger partial charge in [-0.15, -0.1) is 0 Å². The second kappa shape index (κ2) is 4.94. The van der Waals surface area contributed by atoms with Gasteiger partial charge in [-0.25, -0.2) is 4.98 Å². The molecule has 1 fully saturated rings. The fourth-order valence-corrected chi connectivity index (χ4v) is 2.38. The number of rotatable bonds is 2. The predicted octanol–water partition coefficient (Wildman–Crippen LogP) is 0.662. The van der Waals surface area contributed by atoms with E-state index < -0.39 is 5.91 Å². The third kappa shape index (κ3) is 2.31. The molecule has 18 heavy (non-hydrogen) atoms. The zero-order chi connectivity index (χ0) is 13.3. The van der Waals surface area contributed by atoms with Gasteiger partial charge in [0.15, 0.2) is 0 Å². The molecule has 2 unspecified atom stereocenters. The van der Waals surface area contributed by atoms with Crippen LogP contribution < -0.4 is 16.4 Å². The van der Waals surface area contributed by atoms with Crippen molar-refractivity contribution in [1.29, 1.82) is 0 Å². The van der Waals surface area contributed by atoms with Gasteiger partial charge >= 0.3 is 0 Å². The second-order valence-corrected chi connectivity index (χ2v) is 5.07. The van der Waals surface area contributed by atoms with Crippen molar-refractivity contribution in [2.24, 2.45) is 17.4 Å². The van der Waals surface area contributed by atoms with Gasteiger partial charge in [-0.1, -0.05) is 6.92 Å². The minimum absolute atomic E-state index is 0.113. The minimum atomic E-state index is -0.428. The minimum Gasteiger partial charge on any atom is -0.365 e. The largest absolute Gasteiger partial charge is 0.365 e. The summed E-state index contributed by atoms with van der Waals surface area (Å²) in [4.78, 5) is 17.9. The van der Waals surface area contributed by atoms with Crippen LogP contribution >= 0.6 is 0 Å². The summed E-state index contributed by atoms with van der Waals surface area (Å²) in [6.07, 6.45) is 2.72. The van der Waals surface area contributed by atoms with Gasteiger partial charge in [-0.05, 0) is 30.9 Å². The number of anilines is 1. The number of pyridine rings is 1.